The number of phenols is 1. The van der Waals surface area contributed by atoms with Crippen LogP contribution in [0.5, 0.6) is 17.2 Å². The molecule has 1 aliphatic rings. The van der Waals surface area contributed by atoms with E-state index in [4.69, 9.17) is 9.47 Å². The Kier molecular flexibility index (Phi) is 6.35. The molecule has 1 N–H and O–H groups in total. The van der Waals surface area contributed by atoms with Crippen molar-refractivity contribution in [3.63, 3.8) is 0 Å². The molecule has 0 amide bonds. The number of methoxy groups -OCH3 is 1. The Labute approximate surface area is 196 Å². The Morgan fingerprint density at radius 2 is 1.78 bits per heavy atom. The Balaban J connectivity index is 1.42. The maximum Gasteiger partial charge on any atom is 0.127 e. The van der Waals surface area contributed by atoms with Crippen molar-refractivity contribution in [2.24, 2.45) is 0 Å². The molecule has 0 aromatic heterocycles. The van der Waals surface area contributed by atoms with Crippen molar-refractivity contribution in [2.45, 2.75) is 59.0 Å². The summed E-state index contributed by atoms with van der Waals surface area (Å²) in [5.41, 5.74) is 5.33. The smallest absolute Gasteiger partial charge is 0.127 e. The highest BCUT2D eigenvalue weighted by atomic mass is 32.2. The summed E-state index contributed by atoms with van der Waals surface area (Å²) >= 11 is 1.97. The highest BCUT2D eigenvalue weighted by Gasteiger charge is 2.34. The molecular formula is C28H34O3S. The first-order valence-electron chi connectivity index (χ1n) is 11.4. The van der Waals surface area contributed by atoms with E-state index in [1.54, 1.807) is 7.11 Å². The second kappa shape index (κ2) is 8.90. The first-order chi connectivity index (χ1) is 15.2. The Bertz CT molecular complexity index is 1150. The van der Waals surface area contributed by atoms with Gasteiger partial charge in [0, 0.05) is 17.1 Å². The van der Waals surface area contributed by atoms with Gasteiger partial charge in [-0.25, -0.2) is 0 Å². The van der Waals surface area contributed by atoms with E-state index in [9.17, 15) is 5.11 Å². The van der Waals surface area contributed by atoms with Gasteiger partial charge in [0.1, 0.15) is 22.8 Å². The Morgan fingerprint density at radius 3 is 2.53 bits per heavy atom. The topological polar surface area (TPSA) is 38.7 Å². The van der Waals surface area contributed by atoms with Gasteiger partial charge in [0.2, 0.25) is 0 Å². The molecule has 0 radical (unpaired) electrons. The quantitative estimate of drug-likeness (QED) is 0.435. The van der Waals surface area contributed by atoms with Crippen molar-refractivity contribution in [3.05, 3.63) is 64.2 Å². The second-order valence-corrected chi connectivity index (χ2v) is 10.5. The number of aromatic hydroxyl groups is 1. The third kappa shape index (κ3) is 4.30. The molecule has 1 heterocycles. The molecular weight excluding hydrogens is 416 g/mol. The van der Waals surface area contributed by atoms with Crippen LogP contribution in [0.2, 0.25) is 0 Å². The van der Waals surface area contributed by atoms with Crippen LogP contribution in [-0.4, -0.2) is 29.3 Å². The lowest BCUT2D eigenvalue weighted by Crippen LogP contribution is -2.39. The lowest BCUT2D eigenvalue weighted by Gasteiger charge is -2.38. The second-order valence-electron chi connectivity index (χ2n) is 9.47. The molecule has 0 bridgehead atoms. The molecule has 3 aromatic rings. The zero-order chi connectivity index (χ0) is 23.0. The minimum atomic E-state index is -0.183. The first kappa shape index (κ1) is 22.8. The predicted molar refractivity (Wildman–Crippen MR) is 136 cm³/mol. The molecule has 0 aliphatic carbocycles. The van der Waals surface area contributed by atoms with Gasteiger partial charge >= 0.3 is 0 Å². The van der Waals surface area contributed by atoms with Crippen LogP contribution >= 0.6 is 11.8 Å². The van der Waals surface area contributed by atoms with E-state index in [1.165, 1.54) is 21.9 Å². The number of rotatable bonds is 6. The molecule has 3 nitrogen and oxygen atoms in total. The van der Waals surface area contributed by atoms with E-state index in [-0.39, 0.29) is 5.60 Å². The highest BCUT2D eigenvalue weighted by molar-refractivity contribution is 7.99. The Hall–Kier alpha value is -2.33. The van der Waals surface area contributed by atoms with Gasteiger partial charge in [-0.2, -0.15) is 11.8 Å². The van der Waals surface area contributed by atoms with Crippen LogP contribution in [0.4, 0.5) is 0 Å². The van der Waals surface area contributed by atoms with E-state index in [0.717, 1.165) is 52.5 Å². The summed E-state index contributed by atoms with van der Waals surface area (Å²) in [6.07, 6.45) is 1.93. The van der Waals surface area contributed by atoms with Crippen molar-refractivity contribution < 1.29 is 14.6 Å². The summed E-state index contributed by atoms with van der Waals surface area (Å²) in [5.74, 6) is 4.79. The van der Waals surface area contributed by atoms with E-state index in [2.05, 4.69) is 51.1 Å². The third-order valence-corrected chi connectivity index (χ3v) is 8.56. The van der Waals surface area contributed by atoms with Crippen LogP contribution in [0.1, 0.15) is 54.0 Å². The number of benzene rings is 3. The molecule has 4 rings (SSSR count). The maximum atomic E-state index is 10.4. The van der Waals surface area contributed by atoms with Gasteiger partial charge in [0.05, 0.1) is 7.11 Å². The molecule has 0 saturated heterocycles. The van der Waals surface area contributed by atoms with E-state index < -0.39 is 0 Å². The molecule has 2 atom stereocenters. The molecule has 0 fully saturated rings. The van der Waals surface area contributed by atoms with Gasteiger partial charge in [-0.1, -0.05) is 31.2 Å². The minimum absolute atomic E-state index is 0.183. The summed E-state index contributed by atoms with van der Waals surface area (Å²) in [6.45, 7) is 10.6. The lowest BCUT2D eigenvalue weighted by atomic mass is 9.88. The van der Waals surface area contributed by atoms with Crippen LogP contribution < -0.4 is 9.47 Å². The minimum Gasteiger partial charge on any atom is -0.507 e. The molecule has 3 aromatic carbocycles. The zero-order valence-corrected chi connectivity index (χ0v) is 20.9. The average molecular weight is 451 g/mol. The summed E-state index contributed by atoms with van der Waals surface area (Å²) in [6, 6.07) is 13.0. The summed E-state index contributed by atoms with van der Waals surface area (Å²) in [5, 5.41) is 12.9. The number of ether oxygens (including phenoxy) is 2. The molecule has 2 unspecified atom stereocenters. The fourth-order valence-electron chi connectivity index (χ4n) is 4.62. The normalized spacial score (nSPS) is 18.8. The molecule has 4 heteroatoms. The van der Waals surface area contributed by atoms with Gasteiger partial charge in [0.15, 0.2) is 0 Å². The van der Waals surface area contributed by atoms with Crippen molar-refractivity contribution in [1.82, 2.24) is 0 Å². The number of fused-ring (bicyclic) bond motifs is 2. The molecule has 1 aliphatic heterocycles. The van der Waals surface area contributed by atoms with Gasteiger partial charge in [0.25, 0.3) is 0 Å². The van der Waals surface area contributed by atoms with Crippen molar-refractivity contribution >= 4 is 22.5 Å². The Morgan fingerprint density at radius 1 is 1.06 bits per heavy atom. The van der Waals surface area contributed by atoms with Crippen LogP contribution in [0.25, 0.3) is 10.8 Å². The van der Waals surface area contributed by atoms with Gasteiger partial charge in [-0.15, -0.1) is 0 Å². The first-order valence-corrected chi connectivity index (χ1v) is 12.5. The van der Waals surface area contributed by atoms with Crippen LogP contribution in [0, 0.1) is 20.8 Å². The number of hydrogen-bond donors (Lipinski definition) is 1. The van der Waals surface area contributed by atoms with Crippen LogP contribution in [0.15, 0.2) is 36.4 Å². The molecule has 0 saturated carbocycles. The fraction of sp³-hybridized carbons (Fsp3) is 0.429. The fourth-order valence-corrected chi connectivity index (χ4v) is 5.92. The lowest BCUT2D eigenvalue weighted by molar-refractivity contribution is 0.0880. The zero-order valence-electron chi connectivity index (χ0n) is 20.0. The summed E-state index contributed by atoms with van der Waals surface area (Å²) in [4.78, 5) is 0. The standard InChI is InChI=1S/C28H34O3S/c1-17(21-7-8-23-14-24(30-6)10-9-22(23)13-21)15-32-16-28(5)12-11-25-20(4)26(29)18(2)19(3)27(25)31-28/h7-10,13-14,17,29H,11-12,15-16H2,1-6H3. The van der Waals surface area contributed by atoms with Crippen molar-refractivity contribution in [1.29, 1.82) is 0 Å². The van der Waals surface area contributed by atoms with Crippen LogP contribution in [-0.2, 0) is 6.42 Å². The van der Waals surface area contributed by atoms with Crippen LogP contribution in [0.3, 0.4) is 0 Å². The van der Waals surface area contributed by atoms with E-state index in [1.807, 2.05) is 31.7 Å². The predicted octanol–water partition coefficient (Wildman–Crippen LogP) is 7.10. The van der Waals surface area contributed by atoms with Crippen molar-refractivity contribution in [3.8, 4) is 17.2 Å². The molecule has 0 spiro atoms. The average Bonchev–Trinajstić information content (AvgIpc) is 2.80. The largest absolute Gasteiger partial charge is 0.507 e. The van der Waals surface area contributed by atoms with Gasteiger partial charge in [-0.05, 0) is 91.6 Å². The van der Waals surface area contributed by atoms with E-state index in [0.29, 0.717) is 11.7 Å². The van der Waals surface area contributed by atoms with Gasteiger partial charge < -0.3 is 14.6 Å². The molecule has 32 heavy (non-hydrogen) atoms. The SMILES string of the molecule is COc1ccc2cc(C(C)CSCC3(C)CCc4c(C)c(O)c(C)c(C)c4O3)ccc2c1. The van der Waals surface area contributed by atoms with Crippen molar-refractivity contribution in [2.75, 3.05) is 18.6 Å². The maximum absolute atomic E-state index is 10.4. The monoisotopic (exact) mass is 450 g/mol. The highest BCUT2D eigenvalue weighted by Crippen LogP contribution is 2.44. The van der Waals surface area contributed by atoms with E-state index >= 15 is 0 Å². The number of thioether (sulfide) groups is 1. The van der Waals surface area contributed by atoms with Gasteiger partial charge in [-0.3, -0.25) is 0 Å². The third-order valence-electron chi connectivity index (χ3n) is 7.01. The molecule has 170 valence electrons. The number of hydrogen-bond acceptors (Lipinski definition) is 4. The summed E-state index contributed by atoms with van der Waals surface area (Å²) < 4.78 is 11.9. The summed E-state index contributed by atoms with van der Waals surface area (Å²) in [7, 11) is 1.71. The number of phenolic OH excluding ortho intramolecular Hbond substituents is 1.